The van der Waals surface area contributed by atoms with Crippen LogP contribution in [-0.4, -0.2) is 51.8 Å². The molecular weight excluding hydrogens is 212 g/mol. The first-order valence-corrected chi connectivity index (χ1v) is 5.72. The summed E-state index contributed by atoms with van der Waals surface area (Å²) in [5, 5.41) is 3.41. The van der Waals surface area contributed by atoms with Crippen LogP contribution in [0.3, 0.4) is 0 Å². The normalized spacial score (nSPS) is 21.4. The topological polar surface area (TPSA) is 24.5 Å². The highest BCUT2D eigenvalue weighted by atomic mass is 35.5. The second-order valence-electron chi connectivity index (χ2n) is 4.44. The number of ether oxygens (including phenoxy) is 1. The van der Waals surface area contributed by atoms with Crippen molar-refractivity contribution in [2.75, 3.05) is 46.9 Å². The van der Waals surface area contributed by atoms with Crippen LogP contribution in [0, 0.1) is 5.92 Å². The van der Waals surface area contributed by atoms with Crippen molar-refractivity contribution in [3.8, 4) is 0 Å². The number of nitrogens with zero attached hydrogens (tertiary/aromatic N) is 1. The van der Waals surface area contributed by atoms with Gasteiger partial charge >= 0.3 is 0 Å². The molecule has 92 valence electrons. The van der Waals surface area contributed by atoms with Gasteiger partial charge in [0.2, 0.25) is 0 Å². The van der Waals surface area contributed by atoms with E-state index in [1.165, 1.54) is 19.4 Å². The fourth-order valence-electron chi connectivity index (χ4n) is 1.80. The molecule has 0 aromatic heterocycles. The molecule has 0 aromatic carbocycles. The van der Waals surface area contributed by atoms with Crippen molar-refractivity contribution in [2.45, 2.75) is 19.3 Å². The van der Waals surface area contributed by atoms with E-state index in [0.717, 1.165) is 38.6 Å². The molecule has 0 radical (unpaired) electrons. The Hall–Kier alpha value is 0.170. The number of halogens is 1. The molecule has 1 unspecified atom stereocenters. The van der Waals surface area contributed by atoms with Crippen molar-refractivity contribution in [1.82, 2.24) is 10.2 Å². The monoisotopic (exact) mass is 236 g/mol. The fourth-order valence-corrected chi connectivity index (χ4v) is 1.80. The Kier molecular flexibility index (Phi) is 9.51. The van der Waals surface area contributed by atoms with Gasteiger partial charge in [-0.05, 0) is 52.4 Å². The average Bonchev–Trinajstić information content (AvgIpc) is 2.18. The van der Waals surface area contributed by atoms with Gasteiger partial charge in [-0.2, -0.15) is 0 Å². The van der Waals surface area contributed by atoms with Gasteiger partial charge in [0.1, 0.15) is 0 Å². The van der Waals surface area contributed by atoms with Crippen molar-refractivity contribution in [1.29, 1.82) is 0 Å². The summed E-state index contributed by atoms with van der Waals surface area (Å²) < 4.78 is 5.66. The van der Waals surface area contributed by atoms with Crippen LogP contribution in [0.5, 0.6) is 0 Å². The number of nitrogens with one attached hydrogen (secondary N) is 1. The molecule has 4 heteroatoms. The summed E-state index contributed by atoms with van der Waals surface area (Å²) in [5.41, 5.74) is 0. The van der Waals surface area contributed by atoms with Crippen molar-refractivity contribution in [2.24, 2.45) is 5.92 Å². The maximum absolute atomic E-state index is 5.66. The number of rotatable bonds is 6. The lowest BCUT2D eigenvalue weighted by Gasteiger charge is -2.22. The summed E-state index contributed by atoms with van der Waals surface area (Å²) in [5.74, 6) is 0.753. The van der Waals surface area contributed by atoms with Gasteiger partial charge < -0.3 is 15.0 Å². The predicted molar refractivity (Wildman–Crippen MR) is 66.8 cm³/mol. The molecule has 1 N–H and O–H groups in total. The predicted octanol–water partition coefficient (Wildman–Crippen LogP) is 1.38. The molecular formula is C11H25ClN2O. The summed E-state index contributed by atoms with van der Waals surface area (Å²) in [7, 11) is 4.20. The highest BCUT2D eigenvalue weighted by Gasteiger charge is 2.12. The van der Waals surface area contributed by atoms with E-state index in [1.54, 1.807) is 0 Å². The summed E-state index contributed by atoms with van der Waals surface area (Å²) in [4.78, 5) is 2.20. The number of hydrogen-bond acceptors (Lipinski definition) is 3. The summed E-state index contributed by atoms with van der Waals surface area (Å²) in [6.07, 6.45) is 3.79. The standard InChI is InChI=1S/C11H24N2O.ClH/c1-13(2)7-4-8-14-10-11-5-3-6-12-9-11;/h11-12H,3-10H2,1-2H3;1H. The van der Waals surface area contributed by atoms with Crippen molar-refractivity contribution >= 4 is 12.4 Å². The molecule has 15 heavy (non-hydrogen) atoms. The number of hydrogen-bond donors (Lipinski definition) is 1. The minimum atomic E-state index is 0. The van der Waals surface area contributed by atoms with E-state index in [1.807, 2.05) is 0 Å². The SMILES string of the molecule is CN(C)CCCOCC1CCCNC1.Cl. The molecule has 1 rings (SSSR count). The van der Waals surface area contributed by atoms with E-state index in [-0.39, 0.29) is 12.4 Å². The minimum Gasteiger partial charge on any atom is -0.381 e. The van der Waals surface area contributed by atoms with Crippen LogP contribution < -0.4 is 5.32 Å². The third kappa shape index (κ3) is 8.03. The maximum Gasteiger partial charge on any atom is 0.0506 e. The highest BCUT2D eigenvalue weighted by molar-refractivity contribution is 5.85. The van der Waals surface area contributed by atoms with Crippen LogP contribution in [-0.2, 0) is 4.74 Å². The van der Waals surface area contributed by atoms with E-state index in [4.69, 9.17) is 4.74 Å². The Morgan fingerprint density at radius 1 is 1.40 bits per heavy atom. The lowest BCUT2D eigenvalue weighted by Crippen LogP contribution is -2.32. The molecule has 0 saturated carbocycles. The zero-order chi connectivity index (χ0) is 10.2. The Morgan fingerprint density at radius 3 is 2.80 bits per heavy atom. The van der Waals surface area contributed by atoms with Crippen molar-refractivity contribution in [3.63, 3.8) is 0 Å². The minimum absolute atomic E-state index is 0. The van der Waals surface area contributed by atoms with Crippen LogP contribution in [0.2, 0.25) is 0 Å². The lowest BCUT2D eigenvalue weighted by molar-refractivity contribution is 0.0846. The van der Waals surface area contributed by atoms with Crippen LogP contribution >= 0.6 is 12.4 Å². The largest absolute Gasteiger partial charge is 0.381 e. The van der Waals surface area contributed by atoms with Gasteiger partial charge in [-0.15, -0.1) is 12.4 Å². The molecule has 1 atom stereocenters. The third-order valence-electron chi connectivity index (χ3n) is 2.65. The maximum atomic E-state index is 5.66. The second kappa shape index (κ2) is 9.40. The quantitative estimate of drug-likeness (QED) is 0.706. The summed E-state index contributed by atoms with van der Waals surface area (Å²) in [6.45, 7) is 5.32. The van der Waals surface area contributed by atoms with E-state index < -0.39 is 0 Å². The molecule has 0 bridgehead atoms. The molecule has 1 heterocycles. The first-order valence-electron chi connectivity index (χ1n) is 5.72. The van der Waals surface area contributed by atoms with Crippen LogP contribution in [0.4, 0.5) is 0 Å². The Morgan fingerprint density at radius 2 is 2.20 bits per heavy atom. The first-order chi connectivity index (χ1) is 6.79. The highest BCUT2D eigenvalue weighted by Crippen LogP contribution is 2.09. The van der Waals surface area contributed by atoms with E-state index in [9.17, 15) is 0 Å². The zero-order valence-corrected chi connectivity index (χ0v) is 10.8. The second-order valence-corrected chi connectivity index (χ2v) is 4.44. The lowest BCUT2D eigenvalue weighted by atomic mass is 10.0. The van der Waals surface area contributed by atoms with E-state index in [0.29, 0.717) is 0 Å². The molecule has 1 aliphatic rings. The van der Waals surface area contributed by atoms with Gasteiger partial charge in [-0.25, -0.2) is 0 Å². The molecule has 1 fully saturated rings. The van der Waals surface area contributed by atoms with Crippen LogP contribution in [0.25, 0.3) is 0 Å². The number of piperidine rings is 1. The van der Waals surface area contributed by atoms with Gasteiger partial charge in [0, 0.05) is 13.2 Å². The van der Waals surface area contributed by atoms with Gasteiger partial charge in [-0.3, -0.25) is 0 Å². The molecule has 0 spiro atoms. The zero-order valence-electron chi connectivity index (χ0n) is 10.00. The third-order valence-corrected chi connectivity index (χ3v) is 2.65. The van der Waals surface area contributed by atoms with Gasteiger partial charge in [0.15, 0.2) is 0 Å². The molecule has 3 nitrogen and oxygen atoms in total. The Bertz CT molecular complexity index is 139. The fraction of sp³-hybridized carbons (Fsp3) is 1.00. The van der Waals surface area contributed by atoms with Crippen LogP contribution in [0.1, 0.15) is 19.3 Å². The first kappa shape index (κ1) is 15.2. The molecule has 1 aliphatic heterocycles. The van der Waals surface area contributed by atoms with Crippen molar-refractivity contribution < 1.29 is 4.74 Å². The Balaban J connectivity index is 0.00000196. The molecule has 0 aliphatic carbocycles. The smallest absolute Gasteiger partial charge is 0.0506 e. The van der Waals surface area contributed by atoms with Gasteiger partial charge in [-0.1, -0.05) is 0 Å². The van der Waals surface area contributed by atoms with Gasteiger partial charge in [0.05, 0.1) is 6.61 Å². The summed E-state index contributed by atoms with van der Waals surface area (Å²) in [6, 6.07) is 0. The van der Waals surface area contributed by atoms with Crippen LogP contribution in [0.15, 0.2) is 0 Å². The molecule has 1 saturated heterocycles. The molecule has 0 amide bonds. The van der Waals surface area contributed by atoms with Gasteiger partial charge in [0.25, 0.3) is 0 Å². The van der Waals surface area contributed by atoms with E-state index in [2.05, 4.69) is 24.3 Å². The average molecular weight is 237 g/mol. The van der Waals surface area contributed by atoms with Crippen molar-refractivity contribution in [3.05, 3.63) is 0 Å². The van der Waals surface area contributed by atoms with E-state index >= 15 is 0 Å². The summed E-state index contributed by atoms with van der Waals surface area (Å²) >= 11 is 0. The molecule has 0 aromatic rings. The Labute approximate surface area is 100.0 Å².